The first-order valence-electron chi connectivity index (χ1n) is 7.18. The Balaban J connectivity index is 1.57. The van der Waals surface area contributed by atoms with Gasteiger partial charge in [0.25, 0.3) is 5.91 Å². The number of ether oxygens (including phenoxy) is 2. The minimum Gasteiger partial charge on any atom is -0.454 e. The van der Waals surface area contributed by atoms with Crippen LogP contribution < -0.4 is 14.8 Å². The fraction of sp³-hybridized carbons (Fsp3) is 0.333. The lowest BCUT2D eigenvalue weighted by molar-refractivity contribution is 0.0725. The van der Waals surface area contributed by atoms with E-state index in [1.807, 2.05) is 18.2 Å². The number of carbonyl (C=O) groups excluding carboxylic acids is 1. The van der Waals surface area contributed by atoms with Crippen LogP contribution in [0.15, 0.2) is 28.8 Å². The lowest BCUT2D eigenvalue weighted by Crippen LogP contribution is -2.46. The third kappa shape index (κ3) is 2.29. The van der Waals surface area contributed by atoms with Crippen LogP contribution in [0, 0.1) is 0 Å². The van der Waals surface area contributed by atoms with Crippen LogP contribution in [0.25, 0.3) is 11.3 Å². The summed E-state index contributed by atoms with van der Waals surface area (Å²) in [6.45, 7) is 3.20. The van der Waals surface area contributed by atoms with Crippen LogP contribution in [0.5, 0.6) is 11.5 Å². The van der Waals surface area contributed by atoms with Crippen LogP contribution in [0.4, 0.5) is 0 Å². The zero-order valence-electron chi connectivity index (χ0n) is 11.9. The zero-order valence-corrected chi connectivity index (χ0v) is 11.9. The van der Waals surface area contributed by atoms with E-state index in [0.29, 0.717) is 36.0 Å². The SMILES string of the molecule is O=C(c1cc(-c2ccc3c(c2)OCO3)on1)N1CCNCC1. The topological polar surface area (TPSA) is 76.8 Å². The fourth-order valence-electron chi connectivity index (χ4n) is 2.59. The molecule has 0 saturated carbocycles. The van der Waals surface area contributed by atoms with E-state index in [0.717, 1.165) is 18.7 Å². The number of amides is 1. The zero-order chi connectivity index (χ0) is 14.9. The molecule has 0 spiro atoms. The van der Waals surface area contributed by atoms with Gasteiger partial charge >= 0.3 is 0 Å². The summed E-state index contributed by atoms with van der Waals surface area (Å²) in [6, 6.07) is 7.16. The van der Waals surface area contributed by atoms with Crippen molar-refractivity contribution in [2.75, 3.05) is 33.0 Å². The Kier molecular flexibility index (Phi) is 3.19. The van der Waals surface area contributed by atoms with Crippen molar-refractivity contribution in [1.82, 2.24) is 15.4 Å². The molecule has 1 aromatic heterocycles. The summed E-state index contributed by atoms with van der Waals surface area (Å²) in [5.74, 6) is 1.82. The molecule has 0 radical (unpaired) electrons. The second-order valence-corrected chi connectivity index (χ2v) is 5.19. The van der Waals surface area contributed by atoms with Gasteiger partial charge in [-0.2, -0.15) is 0 Å². The van der Waals surface area contributed by atoms with Crippen LogP contribution in [0.3, 0.4) is 0 Å². The molecule has 2 aliphatic heterocycles. The van der Waals surface area contributed by atoms with E-state index in [4.69, 9.17) is 14.0 Å². The van der Waals surface area contributed by atoms with Gasteiger partial charge < -0.3 is 24.2 Å². The summed E-state index contributed by atoms with van der Waals surface area (Å²) in [7, 11) is 0. The van der Waals surface area contributed by atoms with Gasteiger partial charge in [0.2, 0.25) is 6.79 Å². The summed E-state index contributed by atoms with van der Waals surface area (Å²) >= 11 is 0. The molecule has 2 aliphatic rings. The summed E-state index contributed by atoms with van der Waals surface area (Å²) in [6.07, 6.45) is 0. The first-order valence-corrected chi connectivity index (χ1v) is 7.18. The number of hydrogen-bond acceptors (Lipinski definition) is 6. The number of rotatable bonds is 2. The molecule has 0 atom stereocenters. The minimum absolute atomic E-state index is 0.0998. The number of benzene rings is 1. The van der Waals surface area contributed by atoms with Gasteiger partial charge in [-0.05, 0) is 18.2 Å². The number of nitrogens with one attached hydrogen (secondary N) is 1. The number of piperazine rings is 1. The summed E-state index contributed by atoms with van der Waals surface area (Å²) < 4.78 is 15.9. The fourth-order valence-corrected chi connectivity index (χ4v) is 2.59. The Morgan fingerprint density at radius 1 is 1.14 bits per heavy atom. The molecule has 1 saturated heterocycles. The number of aromatic nitrogens is 1. The molecule has 7 heteroatoms. The minimum atomic E-state index is -0.0998. The largest absolute Gasteiger partial charge is 0.454 e. The lowest BCUT2D eigenvalue weighted by atomic mass is 10.1. The van der Waals surface area contributed by atoms with E-state index in [-0.39, 0.29) is 12.7 Å². The molecule has 4 rings (SSSR count). The number of nitrogens with zero attached hydrogens (tertiary/aromatic N) is 2. The molecule has 3 heterocycles. The van der Waals surface area contributed by atoms with Gasteiger partial charge in [-0.15, -0.1) is 0 Å². The van der Waals surface area contributed by atoms with Crippen molar-refractivity contribution >= 4 is 5.91 Å². The Bertz CT molecular complexity index is 707. The van der Waals surface area contributed by atoms with Crippen molar-refractivity contribution in [3.63, 3.8) is 0 Å². The molecule has 0 aliphatic carbocycles. The predicted molar refractivity (Wildman–Crippen MR) is 76.8 cm³/mol. The van der Waals surface area contributed by atoms with Gasteiger partial charge in [-0.25, -0.2) is 0 Å². The van der Waals surface area contributed by atoms with Crippen LogP contribution in [-0.4, -0.2) is 48.9 Å². The van der Waals surface area contributed by atoms with Gasteiger partial charge in [0.05, 0.1) is 0 Å². The normalized spacial score (nSPS) is 16.8. The molecular formula is C15H15N3O4. The molecular weight excluding hydrogens is 286 g/mol. The highest BCUT2D eigenvalue weighted by Gasteiger charge is 2.22. The molecule has 114 valence electrons. The maximum Gasteiger partial charge on any atom is 0.276 e. The summed E-state index contributed by atoms with van der Waals surface area (Å²) in [5, 5.41) is 7.12. The number of hydrogen-bond donors (Lipinski definition) is 1. The van der Waals surface area contributed by atoms with Crippen molar-refractivity contribution in [2.45, 2.75) is 0 Å². The first-order chi connectivity index (χ1) is 10.8. The second kappa shape index (κ2) is 5.34. The van der Waals surface area contributed by atoms with Gasteiger partial charge in [-0.1, -0.05) is 5.16 Å². The highest BCUT2D eigenvalue weighted by atomic mass is 16.7. The van der Waals surface area contributed by atoms with E-state index in [1.165, 1.54) is 0 Å². The van der Waals surface area contributed by atoms with Crippen molar-refractivity contribution in [1.29, 1.82) is 0 Å². The number of fused-ring (bicyclic) bond motifs is 1. The second-order valence-electron chi connectivity index (χ2n) is 5.19. The molecule has 1 fully saturated rings. The monoisotopic (exact) mass is 301 g/mol. The highest BCUT2D eigenvalue weighted by Crippen LogP contribution is 2.36. The molecule has 0 unspecified atom stereocenters. The average molecular weight is 301 g/mol. The van der Waals surface area contributed by atoms with Gasteiger partial charge in [0, 0.05) is 37.8 Å². The Morgan fingerprint density at radius 2 is 1.95 bits per heavy atom. The van der Waals surface area contributed by atoms with Crippen molar-refractivity contribution in [3.05, 3.63) is 30.0 Å². The molecule has 0 bridgehead atoms. The first kappa shape index (κ1) is 13.1. The van der Waals surface area contributed by atoms with E-state index in [9.17, 15) is 4.79 Å². The van der Waals surface area contributed by atoms with Crippen LogP contribution in [-0.2, 0) is 0 Å². The molecule has 2 aromatic rings. The van der Waals surface area contributed by atoms with E-state index in [1.54, 1.807) is 11.0 Å². The van der Waals surface area contributed by atoms with Crippen LogP contribution in [0.2, 0.25) is 0 Å². The van der Waals surface area contributed by atoms with Crippen molar-refractivity contribution in [3.8, 4) is 22.8 Å². The van der Waals surface area contributed by atoms with E-state index >= 15 is 0 Å². The Morgan fingerprint density at radius 3 is 2.82 bits per heavy atom. The highest BCUT2D eigenvalue weighted by molar-refractivity contribution is 5.93. The average Bonchev–Trinajstić information content (AvgIpc) is 3.23. The van der Waals surface area contributed by atoms with E-state index in [2.05, 4.69) is 10.5 Å². The predicted octanol–water partition coefficient (Wildman–Crippen LogP) is 1.12. The van der Waals surface area contributed by atoms with Crippen LogP contribution >= 0.6 is 0 Å². The molecule has 1 amide bonds. The van der Waals surface area contributed by atoms with Gasteiger partial charge in [0.15, 0.2) is 23.0 Å². The smallest absolute Gasteiger partial charge is 0.276 e. The maximum absolute atomic E-state index is 12.4. The number of carbonyl (C=O) groups is 1. The molecule has 22 heavy (non-hydrogen) atoms. The van der Waals surface area contributed by atoms with Crippen molar-refractivity contribution in [2.24, 2.45) is 0 Å². The van der Waals surface area contributed by atoms with Crippen molar-refractivity contribution < 1.29 is 18.8 Å². The summed E-state index contributed by atoms with van der Waals surface area (Å²) in [4.78, 5) is 14.1. The standard InChI is InChI=1S/C15H15N3O4/c19-15(18-5-3-16-4-6-18)11-8-13(22-17-11)10-1-2-12-14(7-10)21-9-20-12/h1-2,7-8,16H,3-6,9H2. The van der Waals surface area contributed by atoms with Gasteiger partial charge in [-0.3, -0.25) is 4.79 Å². The molecule has 1 aromatic carbocycles. The molecule has 1 N–H and O–H groups in total. The Hall–Kier alpha value is -2.54. The van der Waals surface area contributed by atoms with Gasteiger partial charge in [0.1, 0.15) is 0 Å². The third-order valence-electron chi connectivity index (χ3n) is 3.79. The maximum atomic E-state index is 12.4. The quantitative estimate of drug-likeness (QED) is 0.895. The summed E-state index contributed by atoms with van der Waals surface area (Å²) in [5.41, 5.74) is 1.13. The van der Waals surface area contributed by atoms with Crippen LogP contribution in [0.1, 0.15) is 10.5 Å². The third-order valence-corrected chi connectivity index (χ3v) is 3.79. The van der Waals surface area contributed by atoms with E-state index < -0.39 is 0 Å². The lowest BCUT2D eigenvalue weighted by Gasteiger charge is -2.26. The molecule has 7 nitrogen and oxygen atoms in total. The Labute approximate surface area is 126 Å².